The first-order valence-corrected chi connectivity index (χ1v) is 4.11. The molecule has 0 unspecified atom stereocenters. The van der Waals surface area contributed by atoms with E-state index in [4.69, 9.17) is 0 Å². The molecule has 1 N–H and O–H groups in total. The Morgan fingerprint density at radius 1 is 1.07 bits per heavy atom. The van der Waals surface area contributed by atoms with Gasteiger partial charge in [0.05, 0.1) is 5.69 Å². The Hall–Kier alpha value is -2.12. The van der Waals surface area contributed by atoms with E-state index in [1.165, 1.54) is 6.08 Å². The van der Waals surface area contributed by atoms with Gasteiger partial charge in [0.25, 0.3) is 0 Å². The summed E-state index contributed by atoms with van der Waals surface area (Å²) < 4.78 is 0. The highest BCUT2D eigenvalue weighted by Crippen LogP contribution is 2.30. The number of hydrogen-bond acceptors (Lipinski definition) is 3. The SMILES string of the molecule is O=C=Nc1cccc2c(O)cccc12. The molecule has 2 aromatic carbocycles. The van der Waals surface area contributed by atoms with Gasteiger partial charge in [-0.15, -0.1) is 0 Å². The third kappa shape index (κ3) is 1.26. The highest BCUT2D eigenvalue weighted by molar-refractivity contribution is 5.96. The number of phenolic OH excluding ortho intramolecular Hbond substituents is 1. The topological polar surface area (TPSA) is 49.7 Å². The molecule has 14 heavy (non-hydrogen) atoms. The van der Waals surface area contributed by atoms with E-state index in [1.54, 1.807) is 36.4 Å². The molecule has 0 heterocycles. The summed E-state index contributed by atoms with van der Waals surface area (Å²) in [7, 11) is 0. The Labute approximate surface area is 80.3 Å². The van der Waals surface area contributed by atoms with Crippen molar-refractivity contribution in [3.63, 3.8) is 0 Å². The van der Waals surface area contributed by atoms with Gasteiger partial charge in [0, 0.05) is 10.8 Å². The van der Waals surface area contributed by atoms with E-state index in [-0.39, 0.29) is 5.75 Å². The Morgan fingerprint density at radius 2 is 1.79 bits per heavy atom. The minimum absolute atomic E-state index is 0.186. The average Bonchev–Trinajstić information content (AvgIpc) is 2.20. The lowest BCUT2D eigenvalue weighted by atomic mass is 10.1. The minimum Gasteiger partial charge on any atom is -0.507 e. The lowest BCUT2D eigenvalue weighted by Gasteiger charge is -2.01. The van der Waals surface area contributed by atoms with Crippen LogP contribution in [0.3, 0.4) is 0 Å². The number of isocyanates is 1. The fourth-order valence-electron chi connectivity index (χ4n) is 1.42. The van der Waals surface area contributed by atoms with E-state index in [0.29, 0.717) is 11.1 Å². The monoisotopic (exact) mass is 185 g/mol. The largest absolute Gasteiger partial charge is 0.507 e. The van der Waals surface area contributed by atoms with Gasteiger partial charge >= 0.3 is 0 Å². The van der Waals surface area contributed by atoms with Crippen LogP contribution in [0.2, 0.25) is 0 Å². The second kappa shape index (κ2) is 3.32. The lowest BCUT2D eigenvalue weighted by Crippen LogP contribution is -1.74. The molecule has 0 bridgehead atoms. The van der Waals surface area contributed by atoms with Crippen LogP contribution >= 0.6 is 0 Å². The summed E-state index contributed by atoms with van der Waals surface area (Å²) in [6, 6.07) is 10.3. The van der Waals surface area contributed by atoms with Gasteiger partial charge in [-0.2, -0.15) is 4.99 Å². The zero-order chi connectivity index (χ0) is 9.97. The zero-order valence-electron chi connectivity index (χ0n) is 7.27. The van der Waals surface area contributed by atoms with Crippen LogP contribution in [0.15, 0.2) is 41.4 Å². The van der Waals surface area contributed by atoms with Gasteiger partial charge in [0.15, 0.2) is 0 Å². The predicted molar refractivity (Wildman–Crippen MR) is 53.4 cm³/mol. The molecule has 0 amide bonds. The third-order valence-electron chi connectivity index (χ3n) is 2.04. The van der Waals surface area contributed by atoms with Gasteiger partial charge in [0.2, 0.25) is 6.08 Å². The summed E-state index contributed by atoms with van der Waals surface area (Å²) in [5.41, 5.74) is 0.522. The van der Waals surface area contributed by atoms with E-state index in [9.17, 15) is 9.90 Å². The van der Waals surface area contributed by atoms with Crippen LogP contribution in [-0.4, -0.2) is 11.2 Å². The van der Waals surface area contributed by atoms with Gasteiger partial charge in [-0.25, -0.2) is 4.79 Å². The van der Waals surface area contributed by atoms with Crippen molar-refractivity contribution in [3.05, 3.63) is 36.4 Å². The van der Waals surface area contributed by atoms with Crippen LogP contribution in [-0.2, 0) is 4.79 Å². The van der Waals surface area contributed by atoms with Gasteiger partial charge in [0.1, 0.15) is 5.75 Å². The van der Waals surface area contributed by atoms with Crippen LogP contribution in [0.25, 0.3) is 10.8 Å². The molecule has 0 radical (unpaired) electrons. The van der Waals surface area contributed by atoms with Crippen molar-refractivity contribution in [2.24, 2.45) is 4.99 Å². The number of fused-ring (bicyclic) bond motifs is 1. The zero-order valence-corrected chi connectivity index (χ0v) is 7.27. The first-order valence-electron chi connectivity index (χ1n) is 4.11. The molecule has 0 saturated carbocycles. The van der Waals surface area contributed by atoms with Crippen molar-refractivity contribution in [3.8, 4) is 5.75 Å². The van der Waals surface area contributed by atoms with Gasteiger partial charge in [-0.05, 0) is 12.1 Å². The number of rotatable bonds is 1. The number of aromatic hydroxyl groups is 1. The second-order valence-electron chi connectivity index (χ2n) is 2.85. The van der Waals surface area contributed by atoms with Crippen LogP contribution in [0.4, 0.5) is 5.69 Å². The maximum Gasteiger partial charge on any atom is 0.240 e. The molecule has 0 aliphatic heterocycles. The number of hydrogen-bond donors (Lipinski definition) is 1. The van der Waals surface area contributed by atoms with Gasteiger partial charge in [-0.3, -0.25) is 0 Å². The molecular formula is C11H7NO2. The van der Waals surface area contributed by atoms with Crippen molar-refractivity contribution >= 4 is 22.5 Å². The quantitative estimate of drug-likeness (QED) is 0.548. The first-order chi connectivity index (χ1) is 6.83. The summed E-state index contributed by atoms with van der Waals surface area (Å²) in [5, 5.41) is 11.0. The molecule has 3 heteroatoms. The first kappa shape index (κ1) is 8.48. The number of phenols is 1. The molecule has 0 aromatic heterocycles. The molecule has 0 atom stereocenters. The van der Waals surface area contributed by atoms with Gasteiger partial charge in [-0.1, -0.05) is 24.3 Å². The van der Waals surface area contributed by atoms with Crippen molar-refractivity contribution in [2.45, 2.75) is 0 Å². The van der Waals surface area contributed by atoms with Crippen molar-refractivity contribution < 1.29 is 9.90 Å². The minimum atomic E-state index is 0.186. The van der Waals surface area contributed by atoms with Crippen LogP contribution in [0.5, 0.6) is 5.75 Å². The molecule has 0 aliphatic rings. The van der Waals surface area contributed by atoms with Gasteiger partial charge < -0.3 is 5.11 Å². The lowest BCUT2D eigenvalue weighted by molar-refractivity contribution is 0.481. The highest BCUT2D eigenvalue weighted by Gasteiger charge is 2.01. The summed E-state index contributed by atoms with van der Waals surface area (Å²) >= 11 is 0. The molecule has 2 aromatic rings. The number of nitrogens with zero attached hydrogens (tertiary/aromatic N) is 1. The fraction of sp³-hybridized carbons (Fsp3) is 0. The molecule has 0 saturated heterocycles. The summed E-state index contributed by atoms with van der Waals surface area (Å²) in [6.07, 6.45) is 1.49. The standard InChI is InChI=1S/C11H7NO2/c13-7-12-10-5-1-4-9-8(10)3-2-6-11(9)14/h1-6,14H. The molecule has 0 fully saturated rings. The smallest absolute Gasteiger partial charge is 0.240 e. The van der Waals surface area contributed by atoms with Crippen LogP contribution in [0.1, 0.15) is 0 Å². The third-order valence-corrected chi connectivity index (χ3v) is 2.04. The maximum absolute atomic E-state index is 10.1. The Kier molecular flexibility index (Phi) is 2.01. The average molecular weight is 185 g/mol. The predicted octanol–water partition coefficient (Wildman–Crippen LogP) is 2.51. The van der Waals surface area contributed by atoms with Crippen LogP contribution < -0.4 is 0 Å². The van der Waals surface area contributed by atoms with Crippen molar-refractivity contribution in [1.82, 2.24) is 0 Å². The molecule has 3 nitrogen and oxygen atoms in total. The summed E-state index contributed by atoms with van der Waals surface area (Å²) in [5.74, 6) is 0.186. The Bertz CT molecular complexity index is 528. The molecule has 0 aliphatic carbocycles. The van der Waals surface area contributed by atoms with E-state index in [2.05, 4.69) is 4.99 Å². The van der Waals surface area contributed by atoms with Crippen molar-refractivity contribution in [1.29, 1.82) is 0 Å². The van der Waals surface area contributed by atoms with E-state index in [1.807, 2.05) is 0 Å². The van der Waals surface area contributed by atoms with Crippen molar-refractivity contribution in [2.75, 3.05) is 0 Å². The Balaban J connectivity index is 2.87. The number of carbonyl (C=O) groups excluding carboxylic acids is 1. The van der Waals surface area contributed by atoms with Crippen LogP contribution in [0, 0.1) is 0 Å². The Morgan fingerprint density at radius 3 is 2.57 bits per heavy atom. The van der Waals surface area contributed by atoms with E-state index >= 15 is 0 Å². The second-order valence-corrected chi connectivity index (χ2v) is 2.85. The highest BCUT2D eigenvalue weighted by atomic mass is 16.3. The molecule has 0 spiro atoms. The molecule has 68 valence electrons. The molecule has 2 rings (SSSR count). The maximum atomic E-state index is 10.1. The summed E-state index contributed by atoms with van der Waals surface area (Å²) in [4.78, 5) is 13.7. The fourth-order valence-corrected chi connectivity index (χ4v) is 1.42. The van der Waals surface area contributed by atoms with E-state index in [0.717, 1.165) is 5.39 Å². The number of aliphatic imine (C=N–C) groups is 1. The van der Waals surface area contributed by atoms with E-state index < -0.39 is 0 Å². The molecular weight excluding hydrogens is 178 g/mol. The number of benzene rings is 2. The normalized spacial score (nSPS) is 9.71. The summed E-state index contributed by atoms with van der Waals surface area (Å²) in [6.45, 7) is 0.